The van der Waals surface area contributed by atoms with Crippen LogP contribution in [0.1, 0.15) is 58.9 Å². The van der Waals surface area contributed by atoms with Gasteiger partial charge in [0.15, 0.2) is 0 Å². The van der Waals surface area contributed by atoms with E-state index in [-0.39, 0.29) is 0 Å². The van der Waals surface area contributed by atoms with E-state index in [9.17, 15) is 4.79 Å². The normalized spacial score (nSPS) is 25.6. The third-order valence-corrected chi connectivity index (χ3v) is 4.71. The molecule has 1 aliphatic rings. The summed E-state index contributed by atoms with van der Waals surface area (Å²) in [6.07, 6.45) is 4.95. The summed E-state index contributed by atoms with van der Waals surface area (Å²) < 4.78 is 0. The topological polar surface area (TPSA) is 50.2 Å². The maximum Gasteiger partial charge on any atom is 0.347 e. The lowest BCUT2D eigenvalue weighted by atomic mass is 9.81. The van der Waals surface area contributed by atoms with Crippen LogP contribution < -0.4 is 0 Å². The zero-order valence-electron chi connectivity index (χ0n) is 9.69. The van der Waals surface area contributed by atoms with Crippen molar-refractivity contribution in [2.45, 2.75) is 45.4 Å². The number of aromatic nitrogens is 1. The summed E-state index contributed by atoms with van der Waals surface area (Å²) in [5.74, 6) is 0.274. The second kappa shape index (κ2) is 4.53. The van der Waals surface area contributed by atoms with Crippen LogP contribution in [0.25, 0.3) is 0 Å². The average molecular weight is 239 g/mol. The Kier molecular flexibility index (Phi) is 3.28. The van der Waals surface area contributed by atoms with Crippen LogP contribution in [0, 0.1) is 12.8 Å². The Morgan fingerprint density at radius 1 is 1.44 bits per heavy atom. The molecule has 1 aromatic rings. The summed E-state index contributed by atoms with van der Waals surface area (Å²) in [4.78, 5) is 15.8. The van der Waals surface area contributed by atoms with E-state index in [2.05, 4.69) is 11.9 Å². The van der Waals surface area contributed by atoms with Gasteiger partial charge in [0.05, 0.1) is 10.7 Å². The largest absolute Gasteiger partial charge is 0.477 e. The number of thiazole rings is 1. The Morgan fingerprint density at radius 2 is 2.12 bits per heavy atom. The molecule has 2 atom stereocenters. The highest BCUT2D eigenvalue weighted by Gasteiger charge is 2.27. The molecule has 0 radical (unpaired) electrons. The molecule has 0 aliphatic heterocycles. The standard InChI is InChI=1S/C12H17NO2S/c1-7-5-3-4-6-9(7)11-13-8(2)10(16-11)12(14)15/h7,9H,3-6H2,1-2H3,(H,14,15). The molecule has 2 rings (SSSR count). The van der Waals surface area contributed by atoms with E-state index in [1.807, 2.05) is 0 Å². The monoisotopic (exact) mass is 239 g/mol. The van der Waals surface area contributed by atoms with Crippen molar-refractivity contribution in [1.82, 2.24) is 4.98 Å². The first-order valence-electron chi connectivity index (χ1n) is 5.80. The van der Waals surface area contributed by atoms with Crippen LogP contribution in [0.15, 0.2) is 0 Å². The van der Waals surface area contributed by atoms with Crippen molar-refractivity contribution in [2.24, 2.45) is 5.92 Å². The SMILES string of the molecule is Cc1nc(C2CCCCC2C)sc1C(=O)O. The number of carboxylic acids is 1. The van der Waals surface area contributed by atoms with Crippen LogP contribution in [0.5, 0.6) is 0 Å². The number of hydrogen-bond acceptors (Lipinski definition) is 3. The van der Waals surface area contributed by atoms with E-state index >= 15 is 0 Å². The minimum Gasteiger partial charge on any atom is -0.477 e. The Balaban J connectivity index is 2.26. The van der Waals surface area contributed by atoms with Crippen LogP contribution in [0.4, 0.5) is 0 Å². The summed E-state index contributed by atoms with van der Waals surface area (Å²) in [6, 6.07) is 0. The van der Waals surface area contributed by atoms with Gasteiger partial charge in [-0.3, -0.25) is 0 Å². The van der Waals surface area contributed by atoms with Crippen molar-refractivity contribution in [2.75, 3.05) is 0 Å². The first-order chi connectivity index (χ1) is 7.59. The lowest BCUT2D eigenvalue weighted by molar-refractivity contribution is 0.0701. The van der Waals surface area contributed by atoms with E-state index < -0.39 is 5.97 Å². The quantitative estimate of drug-likeness (QED) is 0.860. The summed E-state index contributed by atoms with van der Waals surface area (Å²) in [5, 5.41) is 10.0. The molecule has 1 saturated carbocycles. The van der Waals surface area contributed by atoms with Crippen molar-refractivity contribution in [3.63, 3.8) is 0 Å². The lowest BCUT2D eigenvalue weighted by Crippen LogP contribution is -2.14. The molecule has 16 heavy (non-hydrogen) atoms. The minimum atomic E-state index is -0.843. The molecule has 0 spiro atoms. The molecule has 0 bridgehead atoms. The predicted molar refractivity (Wildman–Crippen MR) is 64.2 cm³/mol. The molecule has 0 aromatic carbocycles. The van der Waals surface area contributed by atoms with Crippen molar-refractivity contribution in [3.05, 3.63) is 15.6 Å². The van der Waals surface area contributed by atoms with E-state index in [1.165, 1.54) is 30.6 Å². The van der Waals surface area contributed by atoms with E-state index in [0.29, 0.717) is 22.4 Å². The smallest absolute Gasteiger partial charge is 0.347 e. The van der Waals surface area contributed by atoms with Gasteiger partial charge in [-0.15, -0.1) is 11.3 Å². The van der Waals surface area contributed by atoms with E-state index in [0.717, 1.165) is 11.4 Å². The highest BCUT2D eigenvalue weighted by atomic mass is 32.1. The Labute approximate surface area is 99.5 Å². The maximum absolute atomic E-state index is 11.0. The molecule has 0 amide bonds. The third kappa shape index (κ3) is 2.12. The fourth-order valence-electron chi connectivity index (χ4n) is 2.46. The van der Waals surface area contributed by atoms with Crippen LogP contribution in [0.3, 0.4) is 0 Å². The summed E-state index contributed by atoms with van der Waals surface area (Å²) in [5.41, 5.74) is 0.672. The van der Waals surface area contributed by atoms with Gasteiger partial charge < -0.3 is 5.11 Å². The first-order valence-corrected chi connectivity index (χ1v) is 6.62. The molecule has 0 saturated heterocycles. The summed E-state index contributed by atoms with van der Waals surface area (Å²) in [6.45, 7) is 4.04. The number of carbonyl (C=O) groups is 1. The van der Waals surface area contributed by atoms with Crippen LogP contribution in [-0.4, -0.2) is 16.1 Å². The predicted octanol–water partition coefficient (Wildman–Crippen LogP) is 3.44. The second-order valence-corrected chi connectivity index (χ2v) is 5.67. The summed E-state index contributed by atoms with van der Waals surface area (Å²) >= 11 is 1.37. The van der Waals surface area contributed by atoms with Gasteiger partial charge in [0.2, 0.25) is 0 Å². The molecular weight excluding hydrogens is 222 g/mol. The van der Waals surface area contributed by atoms with Crippen LogP contribution in [0.2, 0.25) is 0 Å². The molecule has 4 heteroatoms. The van der Waals surface area contributed by atoms with Gasteiger partial charge in [0, 0.05) is 5.92 Å². The van der Waals surface area contributed by atoms with Gasteiger partial charge >= 0.3 is 5.97 Å². The molecule has 1 aromatic heterocycles. The lowest BCUT2D eigenvalue weighted by Gasteiger charge is -2.26. The van der Waals surface area contributed by atoms with Gasteiger partial charge in [-0.1, -0.05) is 26.2 Å². The maximum atomic E-state index is 11.0. The van der Waals surface area contributed by atoms with Gasteiger partial charge in [0.1, 0.15) is 4.88 Å². The average Bonchev–Trinajstić information content (AvgIpc) is 2.61. The van der Waals surface area contributed by atoms with Crippen LogP contribution in [-0.2, 0) is 0 Å². The number of rotatable bonds is 2. The number of hydrogen-bond donors (Lipinski definition) is 1. The first kappa shape index (κ1) is 11.6. The van der Waals surface area contributed by atoms with Gasteiger partial charge in [-0.05, 0) is 19.3 Å². The number of aryl methyl sites for hydroxylation is 1. The molecule has 88 valence electrons. The second-order valence-electron chi connectivity index (χ2n) is 4.64. The fourth-order valence-corrected chi connectivity index (χ4v) is 3.63. The Hall–Kier alpha value is -0.900. The summed E-state index contributed by atoms with van der Waals surface area (Å²) in [7, 11) is 0. The van der Waals surface area contributed by atoms with E-state index in [4.69, 9.17) is 5.11 Å². The molecule has 1 aliphatic carbocycles. The van der Waals surface area contributed by atoms with Crippen molar-refractivity contribution >= 4 is 17.3 Å². The van der Waals surface area contributed by atoms with Gasteiger partial charge in [0.25, 0.3) is 0 Å². The van der Waals surface area contributed by atoms with Crippen molar-refractivity contribution in [3.8, 4) is 0 Å². The minimum absolute atomic E-state index is 0.410. The number of nitrogens with zero attached hydrogens (tertiary/aromatic N) is 1. The van der Waals surface area contributed by atoms with E-state index in [1.54, 1.807) is 6.92 Å². The van der Waals surface area contributed by atoms with Crippen LogP contribution >= 0.6 is 11.3 Å². The van der Waals surface area contributed by atoms with Gasteiger partial charge in [-0.2, -0.15) is 0 Å². The number of aromatic carboxylic acids is 1. The third-order valence-electron chi connectivity index (χ3n) is 3.44. The number of carboxylic acid groups (broad SMARTS) is 1. The molecule has 1 heterocycles. The highest BCUT2D eigenvalue weighted by Crippen LogP contribution is 2.39. The molecule has 2 unspecified atom stereocenters. The molecule has 1 N–H and O–H groups in total. The Bertz CT molecular complexity index is 400. The Morgan fingerprint density at radius 3 is 2.69 bits per heavy atom. The highest BCUT2D eigenvalue weighted by molar-refractivity contribution is 7.13. The molecule has 1 fully saturated rings. The zero-order valence-corrected chi connectivity index (χ0v) is 10.5. The van der Waals surface area contributed by atoms with Crippen molar-refractivity contribution < 1.29 is 9.90 Å². The van der Waals surface area contributed by atoms with Crippen molar-refractivity contribution in [1.29, 1.82) is 0 Å². The van der Waals surface area contributed by atoms with Gasteiger partial charge in [-0.25, -0.2) is 9.78 Å². The zero-order chi connectivity index (χ0) is 11.7. The molecular formula is C12H17NO2S. The molecule has 3 nitrogen and oxygen atoms in total. The fraction of sp³-hybridized carbons (Fsp3) is 0.667.